The van der Waals surface area contributed by atoms with Crippen LogP contribution >= 0.6 is 34.2 Å². The van der Waals surface area contributed by atoms with Crippen LogP contribution in [0.1, 0.15) is 17.7 Å². The molecule has 1 aromatic heterocycles. The van der Waals surface area contributed by atoms with E-state index in [0.717, 1.165) is 6.07 Å². The van der Waals surface area contributed by atoms with Gasteiger partial charge in [0.2, 0.25) is 0 Å². The molecule has 17 heavy (non-hydrogen) atoms. The van der Waals surface area contributed by atoms with E-state index in [0.29, 0.717) is 0 Å². The average molecular weight is 387 g/mol. The number of aromatic nitrogens is 1. The third-order valence-electron chi connectivity index (χ3n) is 1.62. The minimum Gasteiger partial charge on any atom is -0.403 e. The molecule has 0 saturated heterocycles. The van der Waals surface area contributed by atoms with E-state index in [1.54, 1.807) is 22.6 Å². The van der Waals surface area contributed by atoms with Gasteiger partial charge in [-0.3, -0.25) is 0 Å². The smallest absolute Gasteiger partial charge is 0.403 e. The molecule has 1 heterocycles. The summed E-state index contributed by atoms with van der Waals surface area (Å²) in [5.74, 6) is -1.48. The predicted octanol–water partition coefficient (Wildman–Crippen LogP) is 4.26. The minimum atomic E-state index is -5.07. The lowest BCUT2D eigenvalue weighted by atomic mass is 10.2. The summed E-state index contributed by atoms with van der Waals surface area (Å²) >= 11 is 6.95. The van der Waals surface area contributed by atoms with Crippen LogP contribution in [0.15, 0.2) is 6.07 Å². The van der Waals surface area contributed by atoms with Crippen LogP contribution in [0, 0.1) is 3.70 Å². The molecule has 9 heteroatoms. The summed E-state index contributed by atoms with van der Waals surface area (Å²) in [5.41, 5.74) is -1.25. The number of nitrogens with zero attached hydrogens (tertiary/aromatic N) is 1. The van der Waals surface area contributed by atoms with Gasteiger partial charge in [0.05, 0.1) is 17.1 Å². The van der Waals surface area contributed by atoms with Crippen LogP contribution in [0.4, 0.5) is 22.0 Å². The minimum absolute atomic E-state index is 0.114. The van der Waals surface area contributed by atoms with Crippen molar-refractivity contribution in [3.05, 3.63) is 21.0 Å². The van der Waals surface area contributed by atoms with Crippen LogP contribution in [0.3, 0.4) is 0 Å². The second-order valence-electron chi connectivity index (χ2n) is 2.79. The van der Waals surface area contributed by atoms with Gasteiger partial charge in [0.15, 0.2) is 5.75 Å². The Kier molecular flexibility index (Phi) is 4.76. The molecule has 1 aromatic rings. The van der Waals surface area contributed by atoms with E-state index in [-0.39, 0.29) is 9.39 Å². The highest BCUT2D eigenvalue weighted by atomic mass is 127. The third kappa shape index (κ3) is 4.09. The quantitative estimate of drug-likeness (QED) is 0.335. The second-order valence-corrected chi connectivity index (χ2v) is 4.16. The molecule has 2 nitrogen and oxygen atoms in total. The van der Waals surface area contributed by atoms with Crippen molar-refractivity contribution >= 4 is 34.2 Å². The fourth-order valence-electron chi connectivity index (χ4n) is 1.06. The maximum Gasteiger partial charge on any atom is 0.573 e. The molecular weight excluding hydrogens is 383 g/mol. The number of hydrogen-bond donors (Lipinski definition) is 0. The Balaban J connectivity index is 3.32. The van der Waals surface area contributed by atoms with E-state index in [4.69, 9.17) is 11.6 Å². The second kappa shape index (κ2) is 5.51. The standard InChI is InChI=1S/C8H4ClF5INO/c9-2-4-6(17-8(12,13)14)3(7(10)11)1-5(15)16-4/h1,7H,2H2. The summed E-state index contributed by atoms with van der Waals surface area (Å²) in [4.78, 5) is 3.62. The highest BCUT2D eigenvalue weighted by Crippen LogP contribution is 2.36. The molecule has 0 unspecified atom stereocenters. The van der Waals surface area contributed by atoms with E-state index in [9.17, 15) is 22.0 Å². The molecule has 0 saturated carbocycles. The number of ether oxygens (including phenoxy) is 1. The van der Waals surface area contributed by atoms with Crippen molar-refractivity contribution in [1.29, 1.82) is 0 Å². The molecule has 0 aromatic carbocycles. The van der Waals surface area contributed by atoms with Crippen molar-refractivity contribution in [3.8, 4) is 5.75 Å². The lowest BCUT2D eigenvalue weighted by molar-refractivity contribution is -0.275. The SMILES string of the molecule is FC(F)c1cc(I)nc(CCl)c1OC(F)(F)F. The molecule has 0 aliphatic carbocycles. The van der Waals surface area contributed by atoms with Gasteiger partial charge in [0.25, 0.3) is 6.43 Å². The maximum atomic E-state index is 12.6. The zero-order valence-electron chi connectivity index (χ0n) is 7.86. The first-order valence-corrected chi connectivity index (χ1v) is 5.65. The summed E-state index contributed by atoms with van der Waals surface area (Å²) in [6.07, 6.45) is -8.18. The van der Waals surface area contributed by atoms with Crippen molar-refractivity contribution in [3.63, 3.8) is 0 Å². The fourth-order valence-corrected chi connectivity index (χ4v) is 1.87. The van der Waals surface area contributed by atoms with Crippen LogP contribution in [0.25, 0.3) is 0 Å². The Hall–Kier alpha value is -0.380. The summed E-state index contributed by atoms with van der Waals surface area (Å²) in [6.45, 7) is 0. The van der Waals surface area contributed by atoms with Gasteiger partial charge in [-0.2, -0.15) is 0 Å². The van der Waals surface area contributed by atoms with Crippen molar-refractivity contribution in [2.24, 2.45) is 0 Å². The van der Waals surface area contributed by atoms with Gasteiger partial charge in [-0.1, -0.05) is 0 Å². The van der Waals surface area contributed by atoms with Crippen molar-refractivity contribution in [1.82, 2.24) is 4.98 Å². The first-order chi connectivity index (χ1) is 7.74. The Morgan fingerprint density at radius 1 is 1.41 bits per heavy atom. The molecule has 96 valence electrons. The van der Waals surface area contributed by atoms with Crippen LogP contribution in [0.2, 0.25) is 0 Å². The van der Waals surface area contributed by atoms with Gasteiger partial charge < -0.3 is 4.74 Å². The molecule has 0 spiro atoms. The topological polar surface area (TPSA) is 22.1 Å². The van der Waals surface area contributed by atoms with Gasteiger partial charge in [0.1, 0.15) is 3.70 Å². The molecule has 0 radical (unpaired) electrons. The van der Waals surface area contributed by atoms with E-state index in [1.165, 1.54) is 0 Å². The maximum absolute atomic E-state index is 12.6. The number of rotatable bonds is 3. The van der Waals surface area contributed by atoms with Crippen molar-refractivity contribution in [2.45, 2.75) is 18.7 Å². The van der Waals surface area contributed by atoms with E-state index in [1.807, 2.05) is 0 Å². The predicted molar refractivity (Wildman–Crippen MR) is 58.2 cm³/mol. The van der Waals surface area contributed by atoms with Crippen LogP contribution in [-0.2, 0) is 5.88 Å². The zero-order chi connectivity index (χ0) is 13.2. The van der Waals surface area contributed by atoms with E-state index < -0.39 is 30.0 Å². The van der Waals surface area contributed by atoms with Crippen LogP contribution in [-0.4, -0.2) is 11.3 Å². The zero-order valence-corrected chi connectivity index (χ0v) is 10.8. The molecule has 0 N–H and O–H groups in total. The molecule has 0 aliphatic rings. The number of halogens is 7. The number of pyridine rings is 1. The third-order valence-corrected chi connectivity index (χ3v) is 2.43. The molecule has 0 amide bonds. The van der Waals surface area contributed by atoms with E-state index >= 15 is 0 Å². The van der Waals surface area contributed by atoms with Crippen LogP contribution in [0.5, 0.6) is 5.75 Å². The Morgan fingerprint density at radius 2 is 2.00 bits per heavy atom. The lowest BCUT2D eigenvalue weighted by Crippen LogP contribution is -2.20. The van der Waals surface area contributed by atoms with E-state index in [2.05, 4.69) is 9.72 Å². The lowest BCUT2D eigenvalue weighted by Gasteiger charge is -2.15. The van der Waals surface area contributed by atoms with Crippen molar-refractivity contribution in [2.75, 3.05) is 0 Å². The molecular formula is C8H4ClF5INO. The number of hydrogen-bond acceptors (Lipinski definition) is 2. The van der Waals surface area contributed by atoms with Gasteiger partial charge in [-0.15, -0.1) is 24.8 Å². The fraction of sp³-hybridized carbons (Fsp3) is 0.375. The van der Waals surface area contributed by atoms with Crippen LogP contribution < -0.4 is 4.74 Å². The molecule has 0 bridgehead atoms. The first-order valence-electron chi connectivity index (χ1n) is 4.03. The largest absolute Gasteiger partial charge is 0.573 e. The highest BCUT2D eigenvalue weighted by Gasteiger charge is 2.35. The summed E-state index contributed by atoms with van der Waals surface area (Å²) in [6, 6.07) is 0.822. The van der Waals surface area contributed by atoms with Gasteiger partial charge in [-0.25, -0.2) is 13.8 Å². The average Bonchev–Trinajstić information content (AvgIpc) is 2.17. The summed E-state index contributed by atoms with van der Waals surface area (Å²) < 4.78 is 65.0. The van der Waals surface area contributed by atoms with Gasteiger partial charge >= 0.3 is 6.36 Å². The molecule has 0 aliphatic heterocycles. The molecule has 0 atom stereocenters. The summed E-state index contributed by atoms with van der Waals surface area (Å²) in [7, 11) is 0. The highest BCUT2D eigenvalue weighted by molar-refractivity contribution is 14.1. The first kappa shape index (κ1) is 14.7. The Labute approximate surface area is 111 Å². The van der Waals surface area contributed by atoms with Gasteiger partial charge in [0, 0.05) is 0 Å². The molecule has 1 rings (SSSR count). The molecule has 0 fully saturated rings. The summed E-state index contributed by atoms with van der Waals surface area (Å²) in [5, 5.41) is 0. The number of alkyl halides is 6. The Morgan fingerprint density at radius 3 is 2.41 bits per heavy atom. The normalized spacial score (nSPS) is 12.0. The van der Waals surface area contributed by atoms with Gasteiger partial charge in [-0.05, 0) is 28.7 Å². The van der Waals surface area contributed by atoms with Crippen molar-refractivity contribution < 1.29 is 26.7 Å². The monoisotopic (exact) mass is 387 g/mol. The Bertz CT molecular complexity index is 412.